The zero-order chi connectivity index (χ0) is 16.0. The first-order valence-corrected chi connectivity index (χ1v) is 7.24. The van der Waals surface area contributed by atoms with Gasteiger partial charge in [-0.05, 0) is 19.4 Å². The molecule has 0 saturated heterocycles. The Balaban J connectivity index is 2.96. The third-order valence-corrected chi connectivity index (χ3v) is 3.20. The van der Waals surface area contributed by atoms with Crippen LogP contribution in [0.4, 0.5) is 14.6 Å². The van der Waals surface area contributed by atoms with Crippen LogP contribution in [0, 0.1) is 12.8 Å². The number of alkyl halides is 2. The molecule has 21 heavy (non-hydrogen) atoms. The SMILES string of the molecule is Cc1nn(C)c(N(CCO)CC(F)F)c1CNCC(C)C. The number of hydrogen-bond donors (Lipinski definition) is 2. The number of nitrogens with zero attached hydrogens (tertiary/aromatic N) is 3. The smallest absolute Gasteiger partial charge is 0.255 e. The fraction of sp³-hybridized carbons (Fsp3) is 0.786. The van der Waals surface area contributed by atoms with Crippen molar-refractivity contribution in [2.24, 2.45) is 13.0 Å². The minimum Gasteiger partial charge on any atom is -0.395 e. The number of aliphatic hydroxyl groups is 1. The Bertz CT molecular complexity index is 435. The van der Waals surface area contributed by atoms with Crippen molar-refractivity contribution in [3.05, 3.63) is 11.3 Å². The van der Waals surface area contributed by atoms with E-state index in [0.29, 0.717) is 18.3 Å². The summed E-state index contributed by atoms with van der Waals surface area (Å²) in [6, 6.07) is 0. The minimum absolute atomic E-state index is 0.167. The number of aryl methyl sites for hydroxylation is 2. The van der Waals surface area contributed by atoms with Gasteiger partial charge >= 0.3 is 0 Å². The van der Waals surface area contributed by atoms with E-state index in [1.54, 1.807) is 11.7 Å². The van der Waals surface area contributed by atoms with Gasteiger partial charge in [0, 0.05) is 25.7 Å². The Morgan fingerprint density at radius 3 is 2.57 bits per heavy atom. The molecule has 1 aromatic rings. The van der Waals surface area contributed by atoms with Gasteiger partial charge in [-0.3, -0.25) is 4.68 Å². The summed E-state index contributed by atoms with van der Waals surface area (Å²) in [4.78, 5) is 1.50. The molecular formula is C14H26F2N4O. The number of aromatic nitrogens is 2. The third-order valence-electron chi connectivity index (χ3n) is 3.20. The molecule has 2 N–H and O–H groups in total. The van der Waals surface area contributed by atoms with E-state index in [1.165, 1.54) is 4.90 Å². The maximum Gasteiger partial charge on any atom is 0.255 e. The van der Waals surface area contributed by atoms with Crippen LogP contribution in [0.5, 0.6) is 0 Å². The molecule has 0 saturated carbocycles. The second kappa shape index (κ2) is 8.29. The molecular weight excluding hydrogens is 278 g/mol. The highest BCUT2D eigenvalue weighted by atomic mass is 19.3. The molecule has 0 aliphatic rings. The van der Waals surface area contributed by atoms with Crippen LogP contribution < -0.4 is 10.2 Å². The Labute approximate surface area is 124 Å². The van der Waals surface area contributed by atoms with Crippen molar-refractivity contribution in [1.29, 1.82) is 0 Å². The molecule has 0 aliphatic carbocycles. The zero-order valence-electron chi connectivity index (χ0n) is 13.2. The Morgan fingerprint density at radius 2 is 2.05 bits per heavy atom. The first-order valence-electron chi connectivity index (χ1n) is 7.24. The van der Waals surface area contributed by atoms with Crippen LogP contribution >= 0.6 is 0 Å². The van der Waals surface area contributed by atoms with Crippen LogP contribution in [-0.4, -0.2) is 47.6 Å². The van der Waals surface area contributed by atoms with E-state index < -0.39 is 13.0 Å². The van der Waals surface area contributed by atoms with E-state index in [0.717, 1.165) is 17.8 Å². The number of aliphatic hydroxyl groups excluding tert-OH is 1. The molecule has 0 spiro atoms. The van der Waals surface area contributed by atoms with Crippen molar-refractivity contribution in [3.8, 4) is 0 Å². The van der Waals surface area contributed by atoms with Gasteiger partial charge in [-0.25, -0.2) is 8.78 Å². The van der Waals surface area contributed by atoms with E-state index in [-0.39, 0.29) is 13.2 Å². The van der Waals surface area contributed by atoms with Crippen molar-refractivity contribution in [1.82, 2.24) is 15.1 Å². The summed E-state index contributed by atoms with van der Waals surface area (Å²) in [5, 5.41) is 16.8. The van der Waals surface area contributed by atoms with Crippen molar-refractivity contribution >= 4 is 5.82 Å². The highest BCUT2D eigenvalue weighted by molar-refractivity contribution is 5.50. The first kappa shape index (κ1) is 17.8. The Hall–Kier alpha value is -1.21. The molecule has 5 nitrogen and oxygen atoms in total. The highest BCUT2D eigenvalue weighted by Crippen LogP contribution is 2.24. The first-order chi connectivity index (χ1) is 9.86. The molecule has 1 aromatic heterocycles. The average Bonchev–Trinajstić information content (AvgIpc) is 2.63. The summed E-state index contributed by atoms with van der Waals surface area (Å²) in [6.07, 6.45) is -2.46. The molecule has 0 atom stereocenters. The van der Waals surface area contributed by atoms with E-state index in [4.69, 9.17) is 5.11 Å². The van der Waals surface area contributed by atoms with E-state index >= 15 is 0 Å². The lowest BCUT2D eigenvalue weighted by Gasteiger charge is -2.25. The molecule has 0 radical (unpaired) electrons. The van der Waals surface area contributed by atoms with Gasteiger partial charge in [0.25, 0.3) is 6.43 Å². The standard InChI is InChI=1S/C14H26F2N4O/c1-10(2)7-17-8-12-11(3)18-19(4)14(12)20(5-6-21)9-13(15)16/h10,13,17,21H,5-9H2,1-4H3. The monoisotopic (exact) mass is 304 g/mol. The lowest BCUT2D eigenvalue weighted by molar-refractivity contribution is 0.152. The molecule has 0 aliphatic heterocycles. The zero-order valence-corrected chi connectivity index (χ0v) is 13.2. The van der Waals surface area contributed by atoms with Gasteiger partial charge in [-0.2, -0.15) is 5.10 Å². The van der Waals surface area contributed by atoms with Crippen molar-refractivity contribution in [2.45, 2.75) is 33.7 Å². The van der Waals surface area contributed by atoms with Gasteiger partial charge in [0.15, 0.2) is 0 Å². The molecule has 1 rings (SSSR count). The van der Waals surface area contributed by atoms with Crippen LogP contribution in [0.15, 0.2) is 0 Å². The maximum atomic E-state index is 12.8. The molecule has 0 fully saturated rings. The lowest BCUT2D eigenvalue weighted by atomic mass is 10.2. The van der Waals surface area contributed by atoms with Crippen molar-refractivity contribution < 1.29 is 13.9 Å². The fourth-order valence-corrected chi connectivity index (χ4v) is 2.35. The van der Waals surface area contributed by atoms with Crippen LogP contribution in [0.2, 0.25) is 0 Å². The van der Waals surface area contributed by atoms with Crippen LogP contribution in [0.3, 0.4) is 0 Å². The summed E-state index contributed by atoms with van der Waals surface area (Å²) < 4.78 is 27.1. The minimum atomic E-state index is -2.46. The Kier molecular flexibility index (Phi) is 7.04. The van der Waals surface area contributed by atoms with Crippen LogP contribution in [0.1, 0.15) is 25.1 Å². The predicted octanol–water partition coefficient (Wildman–Crippen LogP) is 1.54. The highest BCUT2D eigenvalue weighted by Gasteiger charge is 2.21. The van der Waals surface area contributed by atoms with E-state index in [2.05, 4.69) is 24.3 Å². The second-order valence-corrected chi connectivity index (χ2v) is 5.60. The molecule has 122 valence electrons. The number of halogens is 2. The van der Waals surface area contributed by atoms with E-state index in [9.17, 15) is 8.78 Å². The molecule has 0 unspecified atom stereocenters. The topological polar surface area (TPSA) is 53.3 Å². The summed E-state index contributed by atoms with van der Waals surface area (Å²) >= 11 is 0. The number of rotatable bonds is 9. The largest absolute Gasteiger partial charge is 0.395 e. The summed E-state index contributed by atoms with van der Waals surface area (Å²) in [5.41, 5.74) is 1.73. The summed E-state index contributed by atoms with van der Waals surface area (Å²) in [6.45, 7) is 7.11. The van der Waals surface area contributed by atoms with Crippen LogP contribution in [-0.2, 0) is 13.6 Å². The quantitative estimate of drug-likeness (QED) is 0.726. The normalized spacial score (nSPS) is 11.7. The predicted molar refractivity (Wildman–Crippen MR) is 79.8 cm³/mol. The second-order valence-electron chi connectivity index (χ2n) is 5.60. The van der Waals surface area contributed by atoms with Gasteiger partial charge in [0.2, 0.25) is 0 Å². The van der Waals surface area contributed by atoms with E-state index in [1.807, 2.05) is 6.92 Å². The molecule has 1 heterocycles. The van der Waals surface area contributed by atoms with Crippen molar-refractivity contribution in [3.63, 3.8) is 0 Å². The molecule has 7 heteroatoms. The van der Waals surface area contributed by atoms with Crippen molar-refractivity contribution in [2.75, 3.05) is 31.1 Å². The Morgan fingerprint density at radius 1 is 1.38 bits per heavy atom. The molecule has 0 aromatic carbocycles. The van der Waals surface area contributed by atoms with Crippen LogP contribution in [0.25, 0.3) is 0 Å². The summed E-state index contributed by atoms with van der Waals surface area (Å²) in [7, 11) is 1.74. The number of anilines is 1. The van der Waals surface area contributed by atoms with Gasteiger partial charge < -0.3 is 15.3 Å². The number of hydrogen-bond acceptors (Lipinski definition) is 4. The van der Waals surface area contributed by atoms with Gasteiger partial charge in [0.1, 0.15) is 5.82 Å². The maximum absolute atomic E-state index is 12.8. The number of nitrogens with one attached hydrogen (secondary N) is 1. The van der Waals surface area contributed by atoms with Gasteiger partial charge in [0.05, 0.1) is 18.8 Å². The molecule has 0 bridgehead atoms. The fourth-order valence-electron chi connectivity index (χ4n) is 2.35. The molecule has 0 amide bonds. The average molecular weight is 304 g/mol. The van der Waals surface area contributed by atoms with Gasteiger partial charge in [-0.15, -0.1) is 0 Å². The van der Waals surface area contributed by atoms with Gasteiger partial charge in [-0.1, -0.05) is 13.8 Å². The summed E-state index contributed by atoms with van der Waals surface area (Å²) in [5.74, 6) is 1.16. The third kappa shape index (κ3) is 5.24. The lowest BCUT2D eigenvalue weighted by Crippen LogP contribution is -2.34.